The minimum Gasteiger partial charge on any atom is -0.456 e. The van der Waals surface area contributed by atoms with E-state index in [-0.39, 0.29) is 49.4 Å². The third-order valence-corrected chi connectivity index (χ3v) is 10.4. The summed E-state index contributed by atoms with van der Waals surface area (Å²) in [5.74, 6) is 0. The van der Waals surface area contributed by atoms with Gasteiger partial charge in [0.2, 0.25) is 0 Å². The van der Waals surface area contributed by atoms with Crippen molar-refractivity contribution in [3.05, 3.63) is 206 Å². The maximum atomic E-state index is 9.61. The Morgan fingerprint density at radius 2 is 0.964 bits per heavy atom. The van der Waals surface area contributed by atoms with E-state index in [1.165, 1.54) is 0 Å². The van der Waals surface area contributed by atoms with Crippen molar-refractivity contribution in [3.63, 3.8) is 0 Å². The van der Waals surface area contributed by atoms with Crippen molar-refractivity contribution >= 4 is 54.3 Å². The molecule has 10 aromatic carbocycles. The quantitative estimate of drug-likeness (QED) is 0.162. The lowest BCUT2D eigenvalue weighted by molar-refractivity contribution is 0.669. The van der Waals surface area contributed by atoms with Crippen LogP contribution in [0.15, 0.2) is 210 Å². The molecule has 1 heterocycles. The maximum absolute atomic E-state index is 9.61. The molecule has 1 aromatic heterocycles. The highest BCUT2D eigenvalue weighted by Gasteiger charge is 2.21. The Balaban J connectivity index is 1.24. The fourth-order valence-electron chi connectivity index (χ4n) is 7.99. The van der Waals surface area contributed by atoms with Gasteiger partial charge in [-0.1, -0.05) is 188 Å². The van der Waals surface area contributed by atoms with Crippen molar-refractivity contribution in [2.24, 2.45) is 0 Å². The Morgan fingerprint density at radius 3 is 1.71 bits per heavy atom. The van der Waals surface area contributed by atoms with Crippen LogP contribution in [0.3, 0.4) is 0 Å². The first-order valence-corrected chi connectivity index (χ1v) is 17.9. The molecule has 0 radical (unpaired) electrons. The third kappa shape index (κ3) is 5.09. The second-order valence-corrected chi connectivity index (χ2v) is 13.4. The maximum Gasteiger partial charge on any atom is 0.136 e. The van der Waals surface area contributed by atoms with Gasteiger partial charge in [0.15, 0.2) is 0 Å². The molecule has 0 N–H and O–H groups in total. The first-order valence-electron chi connectivity index (χ1n) is 24.4. The molecule has 0 saturated heterocycles. The number of hydrogen-bond donors (Lipinski definition) is 0. The van der Waals surface area contributed by atoms with E-state index in [0.717, 1.165) is 38.6 Å². The molecule has 0 spiro atoms. The average Bonchev–Trinajstić information content (AvgIpc) is 3.75. The molecule has 0 amide bonds. The van der Waals surface area contributed by atoms with Crippen molar-refractivity contribution in [2.45, 2.75) is 0 Å². The zero-order valence-corrected chi connectivity index (χ0v) is 29.0. The highest BCUT2D eigenvalue weighted by Crippen LogP contribution is 2.48. The first-order chi connectivity index (χ1) is 32.7. The predicted octanol–water partition coefficient (Wildman–Crippen LogP) is 15.4. The van der Waals surface area contributed by atoms with E-state index < -0.39 is 78.6 Å². The van der Waals surface area contributed by atoms with Gasteiger partial charge >= 0.3 is 0 Å². The van der Waals surface area contributed by atoms with Gasteiger partial charge in [-0.25, -0.2) is 0 Å². The van der Waals surface area contributed by atoms with Crippen LogP contribution in [0, 0.1) is 0 Å². The summed E-state index contributed by atoms with van der Waals surface area (Å²) in [7, 11) is 0. The highest BCUT2D eigenvalue weighted by atomic mass is 16.3. The minimum atomic E-state index is -0.603. The number of furan rings is 1. The molecular formula is C54H34O. The van der Waals surface area contributed by atoms with Crippen molar-refractivity contribution < 1.29 is 22.2 Å². The molecular weight excluding hydrogens is 665 g/mol. The summed E-state index contributed by atoms with van der Waals surface area (Å²) in [6.07, 6.45) is 0. The third-order valence-electron chi connectivity index (χ3n) is 10.4. The van der Waals surface area contributed by atoms with Gasteiger partial charge in [-0.15, -0.1) is 0 Å². The molecule has 1 nitrogen and oxygen atoms in total. The molecule has 1 heteroatoms. The molecule has 11 rings (SSSR count). The second kappa shape index (κ2) is 12.7. The van der Waals surface area contributed by atoms with Gasteiger partial charge in [-0.3, -0.25) is 0 Å². The van der Waals surface area contributed by atoms with Gasteiger partial charge in [-0.05, 0) is 106 Å². The predicted molar refractivity (Wildman–Crippen MR) is 233 cm³/mol. The molecule has 0 aliphatic carbocycles. The van der Waals surface area contributed by atoms with Crippen LogP contribution in [-0.4, -0.2) is 0 Å². The molecule has 0 unspecified atom stereocenters. The van der Waals surface area contributed by atoms with Crippen molar-refractivity contribution in [1.82, 2.24) is 0 Å². The van der Waals surface area contributed by atoms with E-state index in [0.29, 0.717) is 21.9 Å². The van der Waals surface area contributed by atoms with Crippen LogP contribution in [0.25, 0.3) is 110 Å². The van der Waals surface area contributed by atoms with Crippen molar-refractivity contribution in [3.8, 4) is 55.6 Å². The normalized spacial score (nSPS) is 14.9. The Hall–Kier alpha value is -7.22. The number of fused-ring (bicyclic) bond motifs is 6. The fourth-order valence-corrected chi connectivity index (χ4v) is 7.99. The van der Waals surface area contributed by atoms with Crippen molar-refractivity contribution in [2.75, 3.05) is 0 Å². The van der Waals surface area contributed by atoms with E-state index in [9.17, 15) is 5.48 Å². The standard InChI is InChI=1S/C54H34O/c1-3-14-36(15-4-1)41-24-13-25-50-52(41)48-34-40(31-33-49(48)55-50)35-26-28-39(29-27-35)51-44-20-9-11-22-46(44)54(47-23-12-10-21-45(47)51)53-42-19-8-7-18-38(42)30-32-43(53)37-16-5-2-6-17-37/h1-34H/i2D,5D,6D,9D,10D,11D,12D,16D,17D,20D,21D,22D,23D. The lowest BCUT2D eigenvalue weighted by Gasteiger charge is -2.21. The SMILES string of the molecule is [2H]c1c([2H])c([2H])c(-c2ccc3ccccc3c2-c2c3c([2H])c([2H])c([2H])c([2H])c3c(-c3ccc(-c4ccc5oc6cccc(-c7ccccc7)c6c5c4)cc3)c3c([2H])c([2H])c([2H])c([2H])c23)c([2H])c1[2H]. The van der Waals surface area contributed by atoms with Gasteiger partial charge in [0.25, 0.3) is 0 Å². The van der Waals surface area contributed by atoms with E-state index in [1.807, 2.05) is 54.6 Å². The summed E-state index contributed by atoms with van der Waals surface area (Å²) in [4.78, 5) is 0. The monoisotopic (exact) mass is 711 g/mol. The molecule has 55 heavy (non-hydrogen) atoms. The Bertz CT molecular complexity index is 3880. The van der Waals surface area contributed by atoms with Crippen LogP contribution in [0.4, 0.5) is 0 Å². The van der Waals surface area contributed by atoms with E-state index in [2.05, 4.69) is 24.3 Å². The number of rotatable bonds is 5. The van der Waals surface area contributed by atoms with E-state index >= 15 is 0 Å². The lowest BCUT2D eigenvalue weighted by Crippen LogP contribution is -1.94. The van der Waals surface area contributed by atoms with Gasteiger partial charge in [0.1, 0.15) is 11.2 Å². The second-order valence-electron chi connectivity index (χ2n) is 13.4. The summed E-state index contributed by atoms with van der Waals surface area (Å²) < 4.78 is 124. The van der Waals surface area contributed by atoms with Crippen LogP contribution in [0.5, 0.6) is 0 Å². The Labute approximate surface area is 337 Å². The van der Waals surface area contributed by atoms with Crippen LogP contribution < -0.4 is 0 Å². The molecule has 0 aliphatic heterocycles. The van der Waals surface area contributed by atoms with Gasteiger partial charge in [-0.2, -0.15) is 0 Å². The van der Waals surface area contributed by atoms with Gasteiger partial charge < -0.3 is 4.42 Å². The first kappa shape index (κ1) is 20.9. The largest absolute Gasteiger partial charge is 0.456 e. The molecule has 0 saturated carbocycles. The molecule has 0 aliphatic rings. The van der Waals surface area contributed by atoms with Crippen LogP contribution >= 0.6 is 0 Å². The summed E-state index contributed by atoms with van der Waals surface area (Å²) >= 11 is 0. The number of benzene rings is 10. The molecule has 11 aromatic rings. The average molecular weight is 712 g/mol. The summed E-state index contributed by atoms with van der Waals surface area (Å²) in [5.41, 5.74) is 5.85. The zero-order chi connectivity index (χ0) is 47.6. The van der Waals surface area contributed by atoms with Gasteiger partial charge in [0, 0.05) is 10.8 Å². The molecule has 0 bridgehead atoms. The molecule has 256 valence electrons. The van der Waals surface area contributed by atoms with E-state index in [4.69, 9.17) is 16.8 Å². The van der Waals surface area contributed by atoms with Crippen molar-refractivity contribution in [1.29, 1.82) is 0 Å². The topological polar surface area (TPSA) is 13.1 Å². The Kier molecular flexibility index (Phi) is 4.83. The van der Waals surface area contributed by atoms with Crippen LogP contribution in [0.2, 0.25) is 0 Å². The summed E-state index contributed by atoms with van der Waals surface area (Å²) in [5, 5.41) is 2.79. The minimum absolute atomic E-state index is 0.00324. The van der Waals surface area contributed by atoms with E-state index in [1.54, 1.807) is 48.5 Å². The number of hydrogen-bond acceptors (Lipinski definition) is 1. The summed E-state index contributed by atoms with van der Waals surface area (Å²) in [6.45, 7) is 0. The fraction of sp³-hybridized carbons (Fsp3) is 0. The van der Waals surface area contributed by atoms with Crippen LogP contribution in [-0.2, 0) is 0 Å². The smallest absolute Gasteiger partial charge is 0.136 e. The lowest BCUT2D eigenvalue weighted by atomic mass is 9.82. The van der Waals surface area contributed by atoms with Gasteiger partial charge in [0.05, 0.1) is 17.8 Å². The highest BCUT2D eigenvalue weighted by molar-refractivity contribution is 6.25. The summed E-state index contributed by atoms with van der Waals surface area (Å²) in [6, 6.07) is 32.6. The van der Waals surface area contributed by atoms with Crippen LogP contribution in [0.1, 0.15) is 17.8 Å². The molecule has 0 fully saturated rings. The zero-order valence-electron chi connectivity index (χ0n) is 42.0. The Morgan fingerprint density at radius 1 is 0.327 bits per heavy atom. The molecule has 0 atom stereocenters.